The number of nitrogens with one attached hydrogen (secondary N) is 1. The highest BCUT2D eigenvalue weighted by Crippen LogP contribution is 2.21. The Morgan fingerprint density at radius 3 is 2.75 bits per heavy atom. The van der Waals surface area contributed by atoms with E-state index >= 15 is 0 Å². The lowest BCUT2D eigenvalue weighted by Crippen LogP contribution is -2.06. The van der Waals surface area contributed by atoms with Gasteiger partial charge in [0.05, 0.1) is 24.1 Å². The maximum atomic E-state index is 5.88. The van der Waals surface area contributed by atoms with Crippen LogP contribution in [0.4, 0.5) is 11.5 Å². The second-order valence-electron chi connectivity index (χ2n) is 3.69. The first-order chi connectivity index (χ1) is 7.58. The number of rotatable bonds is 3. The van der Waals surface area contributed by atoms with Gasteiger partial charge in [-0.05, 0) is 13.8 Å². The van der Waals surface area contributed by atoms with Crippen LogP contribution in [0.1, 0.15) is 17.3 Å². The molecule has 0 aromatic carbocycles. The molecular weight excluding hydrogens is 206 g/mol. The van der Waals surface area contributed by atoms with E-state index in [4.69, 9.17) is 10.2 Å². The number of oxazole rings is 1. The Morgan fingerprint density at radius 2 is 2.25 bits per heavy atom. The van der Waals surface area contributed by atoms with Crippen LogP contribution in [0.5, 0.6) is 0 Å². The highest BCUT2D eigenvalue weighted by molar-refractivity contribution is 5.64. The van der Waals surface area contributed by atoms with E-state index in [0.717, 1.165) is 17.3 Å². The van der Waals surface area contributed by atoms with Crippen molar-refractivity contribution in [1.82, 2.24) is 14.8 Å². The smallest absolute Gasteiger partial charge is 0.213 e. The van der Waals surface area contributed by atoms with E-state index in [1.165, 1.54) is 0 Å². The van der Waals surface area contributed by atoms with E-state index < -0.39 is 0 Å². The molecule has 2 aromatic heterocycles. The first kappa shape index (κ1) is 10.5. The number of nitrogen functional groups attached to an aromatic ring is 1. The average Bonchev–Trinajstić information content (AvgIpc) is 2.72. The van der Waals surface area contributed by atoms with Gasteiger partial charge in [0.2, 0.25) is 5.89 Å². The number of nitrogens with two attached hydrogens (primary N) is 1. The molecule has 0 aliphatic rings. The van der Waals surface area contributed by atoms with E-state index in [0.29, 0.717) is 18.1 Å². The topological polar surface area (TPSA) is 81.9 Å². The summed E-state index contributed by atoms with van der Waals surface area (Å²) in [5.74, 6) is 2.22. The number of hydrogen-bond acceptors (Lipinski definition) is 5. The van der Waals surface area contributed by atoms with Gasteiger partial charge in [0.25, 0.3) is 0 Å². The van der Waals surface area contributed by atoms with Crippen molar-refractivity contribution in [3.05, 3.63) is 23.5 Å². The summed E-state index contributed by atoms with van der Waals surface area (Å²) in [5.41, 5.74) is 7.35. The van der Waals surface area contributed by atoms with E-state index in [1.54, 1.807) is 10.9 Å². The van der Waals surface area contributed by atoms with Gasteiger partial charge in [0, 0.05) is 7.05 Å². The zero-order valence-electron chi connectivity index (χ0n) is 9.61. The Balaban J connectivity index is 2.10. The zero-order chi connectivity index (χ0) is 11.7. The molecule has 2 rings (SSSR count). The van der Waals surface area contributed by atoms with Gasteiger partial charge >= 0.3 is 0 Å². The largest absolute Gasteiger partial charge is 0.444 e. The normalized spacial score (nSPS) is 10.7. The molecule has 16 heavy (non-hydrogen) atoms. The average molecular weight is 221 g/mol. The Labute approximate surface area is 93.5 Å². The molecule has 0 fully saturated rings. The molecule has 2 heterocycles. The maximum absolute atomic E-state index is 5.88. The van der Waals surface area contributed by atoms with Crippen LogP contribution < -0.4 is 11.1 Å². The molecule has 0 unspecified atom stereocenters. The predicted octanol–water partition coefficient (Wildman–Crippen LogP) is 1.22. The summed E-state index contributed by atoms with van der Waals surface area (Å²) in [7, 11) is 1.84. The van der Waals surface area contributed by atoms with Gasteiger partial charge in [-0.3, -0.25) is 4.68 Å². The molecule has 86 valence electrons. The second kappa shape index (κ2) is 3.88. The lowest BCUT2D eigenvalue weighted by Gasteiger charge is -2.04. The molecule has 0 bridgehead atoms. The minimum Gasteiger partial charge on any atom is -0.444 e. The zero-order valence-corrected chi connectivity index (χ0v) is 9.61. The highest BCUT2D eigenvalue weighted by atomic mass is 16.4. The van der Waals surface area contributed by atoms with Crippen LogP contribution in [0.25, 0.3) is 0 Å². The molecule has 0 spiro atoms. The molecule has 6 heteroatoms. The summed E-state index contributed by atoms with van der Waals surface area (Å²) in [4.78, 5) is 4.10. The van der Waals surface area contributed by atoms with Crippen LogP contribution in [-0.4, -0.2) is 14.8 Å². The van der Waals surface area contributed by atoms with Gasteiger partial charge in [0.1, 0.15) is 11.6 Å². The number of anilines is 2. The van der Waals surface area contributed by atoms with Gasteiger partial charge in [-0.25, -0.2) is 4.98 Å². The third-order valence-electron chi connectivity index (χ3n) is 2.34. The number of aromatic nitrogens is 3. The minimum atomic E-state index is 0.497. The van der Waals surface area contributed by atoms with Crippen LogP contribution in [0, 0.1) is 13.8 Å². The van der Waals surface area contributed by atoms with Gasteiger partial charge in [-0.1, -0.05) is 0 Å². The molecule has 0 aliphatic carbocycles. The van der Waals surface area contributed by atoms with Crippen LogP contribution in [0.2, 0.25) is 0 Å². The van der Waals surface area contributed by atoms with Gasteiger partial charge < -0.3 is 15.5 Å². The van der Waals surface area contributed by atoms with Crippen molar-refractivity contribution in [3.63, 3.8) is 0 Å². The molecule has 0 amide bonds. The summed E-state index contributed by atoms with van der Waals surface area (Å²) >= 11 is 0. The predicted molar refractivity (Wildman–Crippen MR) is 60.9 cm³/mol. The first-order valence-corrected chi connectivity index (χ1v) is 5.02. The van der Waals surface area contributed by atoms with Crippen LogP contribution >= 0.6 is 0 Å². The summed E-state index contributed by atoms with van der Waals surface area (Å²) in [6.45, 7) is 4.23. The maximum Gasteiger partial charge on any atom is 0.213 e. The molecular formula is C10H15N5O. The molecule has 6 nitrogen and oxygen atoms in total. The third-order valence-corrected chi connectivity index (χ3v) is 2.34. The fourth-order valence-electron chi connectivity index (χ4n) is 1.53. The molecule has 0 saturated heterocycles. The van der Waals surface area contributed by atoms with Crippen molar-refractivity contribution in [2.24, 2.45) is 7.05 Å². The molecule has 3 N–H and O–H groups in total. The first-order valence-electron chi connectivity index (χ1n) is 5.02. The molecule has 2 aromatic rings. The van der Waals surface area contributed by atoms with Crippen molar-refractivity contribution in [2.45, 2.75) is 20.4 Å². The Kier molecular flexibility index (Phi) is 2.55. The fraction of sp³-hybridized carbons (Fsp3) is 0.400. The van der Waals surface area contributed by atoms with E-state index in [2.05, 4.69) is 15.4 Å². The van der Waals surface area contributed by atoms with Gasteiger partial charge in [0.15, 0.2) is 0 Å². The standard InChI is InChI=1S/C10H15N5O/c1-6-4-12-8(16-6)5-13-10-9(11)7(2)14-15(10)3/h4,13H,5,11H2,1-3H3. The molecule has 0 radical (unpaired) electrons. The number of aryl methyl sites for hydroxylation is 3. The highest BCUT2D eigenvalue weighted by Gasteiger charge is 2.10. The minimum absolute atomic E-state index is 0.497. The fourth-order valence-corrected chi connectivity index (χ4v) is 1.53. The van der Waals surface area contributed by atoms with Crippen LogP contribution in [-0.2, 0) is 13.6 Å². The van der Waals surface area contributed by atoms with E-state index in [9.17, 15) is 0 Å². The lowest BCUT2D eigenvalue weighted by molar-refractivity contribution is 0.478. The van der Waals surface area contributed by atoms with Crippen molar-refractivity contribution in [2.75, 3.05) is 11.1 Å². The quantitative estimate of drug-likeness (QED) is 0.814. The van der Waals surface area contributed by atoms with Gasteiger partial charge in [-0.2, -0.15) is 5.10 Å². The SMILES string of the molecule is Cc1cnc(CNc2c(N)c(C)nn2C)o1. The monoisotopic (exact) mass is 221 g/mol. The Morgan fingerprint density at radius 1 is 1.50 bits per heavy atom. The van der Waals surface area contributed by atoms with Crippen molar-refractivity contribution >= 4 is 11.5 Å². The molecule has 0 aliphatic heterocycles. The van der Waals surface area contributed by atoms with Crippen LogP contribution in [0.3, 0.4) is 0 Å². The van der Waals surface area contributed by atoms with Crippen LogP contribution in [0.15, 0.2) is 10.6 Å². The van der Waals surface area contributed by atoms with E-state index in [-0.39, 0.29) is 0 Å². The Hall–Kier alpha value is -1.98. The lowest BCUT2D eigenvalue weighted by atomic mass is 10.4. The summed E-state index contributed by atoms with van der Waals surface area (Å²) in [6, 6.07) is 0. The second-order valence-corrected chi connectivity index (χ2v) is 3.69. The number of nitrogens with zero attached hydrogens (tertiary/aromatic N) is 3. The summed E-state index contributed by atoms with van der Waals surface area (Å²) in [6.07, 6.45) is 1.69. The summed E-state index contributed by atoms with van der Waals surface area (Å²) in [5, 5.41) is 7.36. The third kappa shape index (κ3) is 1.86. The van der Waals surface area contributed by atoms with Gasteiger partial charge in [-0.15, -0.1) is 0 Å². The van der Waals surface area contributed by atoms with E-state index in [1.807, 2.05) is 20.9 Å². The molecule has 0 saturated carbocycles. The summed E-state index contributed by atoms with van der Waals surface area (Å²) < 4.78 is 7.06. The van der Waals surface area contributed by atoms with Crippen molar-refractivity contribution < 1.29 is 4.42 Å². The Bertz CT molecular complexity index is 499. The molecule has 0 atom stereocenters. The number of hydrogen-bond donors (Lipinski definition) is 2. The van der Waals surface area contributed by atoms with Crippen molar-refractivity contribution in [3.8, 4) is 0 Å². The van der Waals surface area contributed by atoms with Crippen molar-refractivity contribution in [1.29, 1.82) is 0 Å².